The second-order valence-electron chi connectivity index (χ2n) is 4.58. The first-order valence-corrected chi connectivity index (χ1v) is 6.36. The van der Waals surface area contributed by atoms with E-state index in [-0.39, 0.29) is 5.56 Å². The molecule has 0 fully saturated rings. The zero-order valence-electron chi connectivity index (χ0n) is 11.3. The molecule has 104 valence electrons. The molecule has 0 saturated carbocycles. The number of carboxylic acids is 1. The summed E-state index contributed by atoms with van der Waals surface area (Å²) in [5.74, 6) is 0.128. The molecule has 0 unspecified atom stereocenters. The molecule has 0 saturated heterocycles. The number of benzene rings is 2. The van der Waals surface area contributed by atoms with E-state index in [4.69, 9.17) is 9.84 Å². The van der Waals surface area contributed by atoms with Crippen molar-refractivity contribution in [2.75, 3.05) is 0 Å². The summed E-state index contributed by atoms with van der Waals surface area (Å²) in [5.41, 5.74) is 1.71. The van der Waals surface area contributed by atoms with Crippen LogP contribution in [0.5, 0.6) is 11.6 Å². The van der Waals surface area contributed by atoms with Crippen LogP contribution >= 0.6 is 0 Å². The normalized spacial score (nSPS) is 10.5. The maximum Gasteiger partial charge on any atom is 0.335 e. The molecule has 0 atom stereocenters. The number of carboxylic acid groups (broad SMARTS) is 1. The lowest BCUT2D eigenvalue weighted by Gasteiger charge is -2.09. The van der Waals surface area contributed by atoms with Crippen molar-refractivity contribution in [3.63, 3.8) is 0 Å². The van der Waals surface area contributed by atoms with Gasteiger partial charge in [-0.25, -0.2) is 14.8 Å². The maximum absolute atomic E-state index is 11.0. The Hall–Kier alpha value is -2.95. The zero-order chi connectivity index (χ0) is 14.8. The topological polar surface area (TPSA) is 72.3 Å². The fourth-order valence-corrected chi connectivity index (χ4v) is 2.02. The highest BCUT2D eigenvalue weighted by Gasteiger charge is 2.10. The Labute approximate surface area is 120 Å². The fourth-order valence-electron chi connectivity index (χ4n) is 2.02. The number of aryl methyl sites for hydroxylation is 1. The van der Waals surface area contributed by atoms with Crippen LogP contribution in [0.15, 0.2) is 48.8 Å². The Morgan fingerprint density at radius 1 is 1.14 bits per heavy atom. The molecule has 0 aliphatic rings. The largest absolute Gasteiger partial charge is 0.478 e. The smallest absolute Gasteiger partial charge is 0.335 e. The number of rotatable bonds is 3. The van der Waals surface area contributed by atoms with Gasteiger partial charge in [-0.15, -0.1) is 0 Å². The fraction of sp³-hybridized carbons (Fsp3) is 0.0625. The van der Waals surface area contributed by atoms with Crippen LogP contribution < -0.4 is 4.74 Å². The minimum atomic E-state index is -0.989. The zero-order valence-corrected chi connectivity index (χ0v) is 11.3. The molecule has 0 bridgehead atoms. The van der Waals surface area contributed by atoms with Gasteiger partial charge in [0.05, 0.1) is 16.5 Å². The molecule has 0 radical (unpaired) electrons. The van der Waals surface area contributed by atoms with Crippen LogP contribution in [0, 0.1) is 6.92 Å². The number of nitrogens with zero attached hydrogens (tertiary/aromatic N) is 2. The van der Waals surface area contributed by atoms with E-state index in [0.717, 1.165) is 5.56 Å². The number of carbonyl (C=O) groups is 1. The summed E-state index contributed by atoms with van der Waals surface area (Å²) in [7, 11) is 0. The molecule has 0 aliphatic heterocycles. The predicted octanol–water partition coefficient (Wildman–Crippen LogP) is 3.43. The molecule has 0 spiro atoms. The highest BCUT2D eigenvalue weighted by atomic mass is 16.5. The van der Waals surface area contributed by atoms with Gasteiger partial charge in [-0.1, -0.05) is 18.2 Å². The molecule has 3 aromatic rings. The van der Waals surface area contributed by atoms with Crippen molar-refractivity contribution in [3.05, 3.63) is 59.9 Å². The third kappa shape index (κ3) is 2.53. The van der Waals surface area contributed by atoms with Gasteiger partial charge in [0.1, 0.15) is 12.1 Å². The second kappa shape index (κ2) is 5.20. The Morgan fingerprint density at radius 2 is 1.95 bits per heavy atom. The van der Waals surface area contributed by atoms with Gasteiger partial charge >= 0.3 is 5.97 Å². The van der Waals surface area contributed by atoms with Crippen LogP contribution in [0.3, 0.4) is 0 Å². The van der Waals surface area contributed by atoms with Gasteiger partial charge in [0, 0.05) is 0 Å². The van der Waals surface area contributed by atoms with E-state index in [9.17, 15) is 4.79 Å². The highest BCUT2D eigenvalue weighted by molar-refractivity contribution is 5.94. The summed E-state index contributed by atoms with van der Waals surface area (Å²) in [6.07, 6.45) is 1.36. The standard InChI is InChI=1S/C16H12N2O3/c1-10-4-2-3-5-14(10)21-15-12-7-6-11(16(19)20)8-13(12)17-9-18-15/h2-9H,1H3,(H,19,20). The number of aromatic nitrogens is 2. The van der Waals surface area contributed by atoms with Crippen LogP contribution in [0.25, 0.3) is 10.9 Å². The minimum absolute atomic E-state index is 0.183. The van der Waals surface area contributed by atoms with Crippen molar-refractivity contribution in [1.82, 2.24) is 9.97 Å². The van der Waals surface area contributed by atoms with Crippen LogP contribution in [0.2, 0.25) is 0 Å². The highest BCUT2D eigenvalue weighted by Crippen LogP contribution is 2.28. The molecular weight excluding hydrogens is 268 g/mol. The monoisotopic (exact) mass is 280 g/mol. The molecule has 3 rings (SSSR count). The van der Waals surface area contributed by atoms with E-state index in [2.05, 4.69) is 9.97 Å². The van der Waals surface area contributed by atoms with Crippen molar-refractivity contribution in [2.45, 2.75) is 6.92 Å². The average molecular weight is 280 g/mol. The van der Waals surface area contributed by atoms with Crippen molar-refractivity contribution in [3.8, 4) is 11.6 Å². The maximum atomic E-state index is 11.0. The number of aromatic carboxylic acids is 1. The van der Waals surface area contributed by atoms with E-state index in [1.165, 1.54) is 18.5 Å². The molecule has 21 heavy (non-hydrogen) atoms. The Balaban J connectivity index is 2.07. The summed E-state index contributed by atoms with van der Waals surface area (Å²) < 4.78 is 5.82. The summed E-state index contributed by atoms with van der Waals surface area (Å²) >= 11 is 0. The second-order valence-corrected chi connectivity index (χ2v) is 4.58. The number of hydrogen-bond acceptors (Lipinski definition) is 4. The summed E-state index contributed by atoms with van der Waals surface area (Å²) in [6.45, 7) is 1.95. The first-order valence-electron chi connectivity index (χ1n) is 6.36. The van der Waals surface area contributed by atoms with Crippen LogP contribution in [0.4, 0.5) is 0 Å². The lowest BCUT2D eigenvalue weighted by Crippen LogP contribution is -1.98. The first kappa shape index (κ1) is 13.1. The molecule has 5 nitrogen and oxygen atoms in total. The lowest BCUT2D eigenvalue weighted by atomic mass is 10.1. The van der Waals surface area contributed by atoms with Crippen LogP contribution in [0.1, 0.15) is 15.9 Å². The number of fused-ring (bicyclic) bond motifs is 1. The number of para-hydroxylation sites is 1. The summed E-state index contributed by atoms with van der Waals surface area (Å²) in [5, 5.41) is 9.68. The SMILES string of the molecule is Cc1ccccc1Oc1ncnc2cc(C(=O)O)ccc12. The van der Waals surface area contributed by atoms with Crippen molar-refractivity contribution >= 4 is 16.9 Å². The van der Waals surface area contributed by atoms with Crippen LogP contribution in [-0.2, 0) is 0 Å². The number of ether oxygens (including phenoxy) is 1. The van der Waals surface area contributed by atoms with Gasteiger partial charge < -0.3 is 9.84 Å². The molecule has 1 heterocycles. The quantitative estimate of drug-likeness (QED) is 0.795. The number of hydrogen-bond donors (Lipinski definition) is 1. The Morgan fingerprint density at radius 3 is 2.71 bits per heavy atom. The van der Waals surface area contributed by atoms with Crippen LogP contribution in [-0.4, -0.2) is 21.0 Å². The van der Waals surface area contributed by atoms with Crippen molar-refractivity contribution in [2.24, 2.45) is 0 Å². The van der Waals surface area contributed by atoms with E-state index < -0.39 is 5.97 Å². The van der Waals surface area contributed by atoms with Crippen molar-refractivity contribution in [1.29, 1.82) is 0 Å². The summed E-state index contributed by atoms with van der Waals surface area (Å²) in [6, 6.07) is 12.3. The third-order valence-corrected chi connectivity index (χ3v) is 3.15. The molecule has 2 aromatic carbocycles. The first-order chi connectivity index (χ1) is 10.1. The Bertz CT molecular complexity index is 831. The molecule has 1 N–H and O–H groups in total. The van der Waals surface area contributed by atoms with Gasteiger partial charge in [-0.2, -0.15) is 0 Å². The van der Waals surface area contributed by atoms with E-state index in [1.54, 1.807) is 6.07 Å². The van der Waals surface area contributed by atoms with Crippen molar-refractivity contribution < 1.29 is 14.6 Å². The Kier molecular flexibility index (Phi) is 3.23. The average Bonchev–Trinajstić information content (AvgIpc) is 2.49. The third-order valence-electron chi connectivity index (χ3n) is 3.15. The lowest BCUT2D eigenvalue weighted by molar-refractivity contribution is 0.0697. The van der Waals surface area contributed by atoms with E-state index >= 15 is 0 Å². The molecule has 5 heteroatoms. The molecule has 1 aromatic heterocycles. The molecule has 0 amide bonds. The van der Waals surface area contributed by atoms with Gasteiger partial charge in [-0.05, 0) is 36.8 Å². The van der Waals surface area contributed by atoms with Gasteiger partial charge in [0.2, 0.25) is 5.88 Å². The van der Waals surface area contributed by atoms with Gasteiger partial charge in [-0.3, -0.25) is 0 Å². The predicted molar refractivity (Wildman–Crippen MR) is 77.8 cm³/mol. The minimum Gasteiger partial charge on any atom is -0.478 e. The molecular formula is C16H12N2O3. The van der Waals surface area contributed by atoms with Gasteiger partial charge in [0.15, 0.2) is 0 Å². The van der Waals surface area contributed by atoms with Gasteiger partial charge in [0.25, 0.3) is 0 Å². The van der Waals surface area contributed by atoms with E-state index in [0.29, 0.717) is 22.5 Å². The van der Waals surface area contributed by atoms with E-state index in [1.807, 2.05) is 31.2 Å². The summed E-state index contributed by atoms with van der Waals surface area (Å²) in [4.78, 5) is 19.2. The molecule has 0 aliphatic carbocycles.